The van der Waals surface area contributed by atoms with Crippen LogP contribution in [0.25, 0.3) is 0 Å². The van der Waals surface area contributed by atoms with Crippen LogP contribution in [0.3, 0.4) is 0 Å². The van der Waals surface area contributed by atoms with Crippen LogP contribution in [0.4, 0.5) is 5.69 Å². The summed E-state index contributed by atoms with van der Waals surface area (Å²) < 4.78 is 31.4. The number of nitrogens with one attached hydrogen (secondary N) is 1. The first-order valence-electron chi connectivity index (χ1n) is 8.13. The van der Waals surface area contributed by atoms with Gasteiger partial charge in [0.15, 0.2) is 0 Å². The predicted molar refractivity (Wildman–Crippen MR) is 101 cm³/mol. The lowest BCUT2D eigenvalue weighted by atomic mass is 10.2. The highest BCUT2D eigenvalue weighted by molar-refractivity contribution is 7.89. The van der Waals surface area contributed by atoms with E-state index in [1.165, 1.54) is 43.4 Å². The predicted octanol–water partition coefficient (Wildman–Crippen LogP) is 1.44. The van der Waals surface area contributed by atoms with Crippen molar-refractivity contribution < 1.29 is 22.7 Å². The van der Waals surface area contributed by atoms with Crippen molar-refractivity contribution in [2.45, 2.75) is 11.8 Å². The molecule has 8 nitrogen and oxygen atoms in total. The average molecular weight is 391 g/mol. The van der Waals surface area contributed by atoms with Crippen LogP contribution in [0.15, 0.2) is 53.4 Å². The molecule has 2 amide bonds. The van der Waals surface area contributed by atoms with E-state index in [9.17, 15) is 18.0 Å². The number of rotatable bonds is 8. The number of carbonyl (C=O) groups is 2. The molecule has 2 rings (SSSR count). The lowest BCUT2D eigenvalue weighted by Crippen LogP contribution is -2.34. The highest BCUT2D eigenvalue weighted by Crippen LogP contribution is 2.19. The molecule has 0 saturated carbocycles. The molecule has 0 heterocycles. The molecule has 0 unspecified atom stereocenters. The molecular weight excluding hydrogens is 370 g/mol. The molecule has 2 aromatic rings. The Morgan fingerprint density at radius 2 is 1.67 bits per heavy atom. The Morgan fingerprint density at radius 3 is 2.19 bits per heavy atom. The number of nitrogens with zero attached hydrogens (tertiary/aromatic N) is 1. The number of hydrogen-bond acceptors (Lipinski definition) is 5. The number of sulfonamides is 1. The van der Waals surface area contributed by atoms with Crippen molar-refractivity contribution in [3.63, 3.8) is 0 Å². The lowest BCUT2D eigenvalue weighted by molar-refractivity contribution is -0.116. The first-order valence-corrected chi connectivity index (χ1v) is 9.57. The topological polar surface area (TPSA) is 119 Å². The van der Waals surface area contributed by atoms with E-state index in [-0.39, 0.29) is 11.4 Å². The Labute approximate surface area is 158 Å². The highest BCUT2D eigenvalue weighted by Gasteiger charge is 2.23. The number of primary amides is 1. The molecule has 9 heteroatoms. The summed E-state index contributed by atoms with van der Waals surface area (Å²) in [6.07, 6.45) is 0. The van der Waals surface area contributed by atoms with Gasteiger partial charge in [0.2, 0.25) is 21.8 Å². The van der Waals surface area contributed by atoms with Crippen LogP contribution in [0, 0.1) is 0 Å². The fourth-order valence-electron chi connectivity index (χ4n) is 2.26. The SMILES string of the molecule is CCOc1ccc(S(=O)(=O)N(C)CC(=O)Nc2ccc(C(N)=O)cc2)cc1. The van der Waals surface area contributed by atoms with Gasteiger partial charge in [0.25, 0.3) is 0 Å². The second-order valence-corrected chi connectivity index (χ2v) is 7.70. The van der Waals surface area contributed by atoms with Gasteiger partial charge in [-0.15, -0.1) is 0 Å². The number of carbonyl (C=O) groups excluding carboxylic acids is 2. The van der Waals surface area contributed by atoms with Crippen LogP contribution in [-0.4, -0.2) is 44.7 Å². The highest BCUT2D eigenvalue weighted by atomic mass is 32.2. The van der Waals surface area contributed by atoms with Crippen LogP contribution < -0.4 is 15.8 Å². The molecule has 0 saturated heterocycles. The van der Waals surface area contributed by atoms with Gasteiger partial charge in [-0.1, -0.05) is 0 Å². The van der Waals surface area contributed by atoms with Crippen molar-refractivity contribution in [2.24, 2.45) is 5.73 Å². The zero-order valence-corrected chi connectivity index (χ0v) is 15.8. The summed E-state index contributed by atoms with van der Waals surface area (Å²) in [6, 6.07) is 11.9. The van der Waals surface area contributed by atoms with Gasteiger partial charge in [0.05, 0.1) is 18.0 Å². The van der Waals surface area contributed by atoms with Crippen molar-refractivity contribution in [1.82, 2.24) is 4.31 Å². The van der Waals surface area contributed by atoms with Crippen molar-refractivity contribution in [3.05, 3.63) is 54.1 Å². The number of benzene rings is 2. The second kappa shape index (κ2) is 8.65. The molecule has 0 aliphatic heterocycles. The molecule has 0 fully saturated rings. The van der Waals surface area contributed by atoms with Gasteiger partial charge in [-0.3, -0.25) is 9.59 Å². The van der Waals surface area contributed by atoms with E-state index in [1.54, 1.807) is 12.1 Å². The molecule has 0 atom stereocenters. The summed E-state index contributed by atoms with van der Waals surface area (Å²) in [5, 5.41) is 2.57. The fraction of sp³-hybridized carbons (Fsp3) is 0.222. The van der Waals surface area contributed by atoms with E-state index in [4.69, 9.17) is 10.5 Å². The molecule has 0 bridgehead atoms. The first-order chi connectivity index (χ1) is 12.7. The van der Waals surface area contributed by atoms with Gasteiger partial charge in [0.1, 0.15) is 5.75 Å². The average Bonchev–Trinajstić information content (AvgIpc) is 2.62. The molecule has 0 spiro atoms. The molecule has 2 aromatic carbocycles. The molecule has 0 aliphatic rings. The second-order valence-electron chi connectivity index (χ2n) is 5.66. The maximum atomic E-state index is 12.6. The Hall–Kier alpha value is -2.91. The molecule has 0 radical (unpaired) electrons. The third kappa shape index (κ3) is 5.28. The minimum atomic E-state index is -3.82. The zero-order valence-electron chi connectivity index (χ0n) is 15.0. The normalized spacial score (nSPS) is 11.2. The zero-order chi connectivity index (χ0) is 20.0. The van der Waals surface area contributed by atoms with Crippen molar-refractivity contribution in [2.75, 3.05) is 25.5 Å². The van der Waals surface area contributed by atoms with Gasteiger partial charge in [0, 0.05) is 18.3 Å². The number of hydrogen-bond donors (Lipinski definition) is 2. The summed E-state index contributed by atoms with van der Waals surface area (Å²) in [5.41, 5.74) is 5.89. The van der Waals surface area contributed by atoms with Crippen molar-refractivity contribution in [3.8, 4) is 5.75 Å². The number of ether oxygens (including phenoxy) is 1. The van der Waals surface area contributed by atoms with Crippen LogP contribution in [-0.2, 0) is 14.8 Å². The summed E-state index contributed by atoms with van der Waals surface area (Å²) in [7, 11) is -2.50. The van der Waals surface area contributed by atoms with Gasteiger partial charge < -0.3 is 15.8 Å². The minimum absolute atomic E-state index is 0.0621. The maximum Gasteiger partial charge on any atom is 0.248 e. The van der Waals surface area contributed by atoms with Crippen molar-refractivity contribution in [1.29, 1.82) is 0 Å². The summed E-state index contributed by atoms with van der Waals surface area (Å²) in [5.74, 6) is -0.524. The summed E-state index contributed by atoms with van der Waals surface area (Å²) in [4.78, 5) is 23.2. The Bertz CT molecular complexity index is 909. The van der Waals surface area contributed by atoms with Gasteiger partial charge >= 0.3 is 0 Å². The molecule has 3 N–H and O–H groups in total. The maximum absolute atomic E-state index is 12.6. The molecule has 0 aliphatic carbocycles. The molecular formula is C18H21N3O5S. The number of likely N-dealkylation sites (N-methyl/N-ethyl adjacent to an activating group) is 1. The van der Waals surface area contributed by atoms with Gasteiger partial charge in [-0.2, -0.15) is 4.31 Å². The third-order valence-electron chi connectivity index (χ3n) is 3.66. The van der Waals surface area contributed by atoms with Crippen LogP contribution in [0.1, 0.15) is 17.3 Å². The number of nitrogens with two attached hydrogens (primary N) is 1. The summed E-state index contributed by atoms with van der Waals surface area (Å²) >= 11 is 0. The Balaban J connectivity index is 2.02. The van der Waals surface area contributed by atoms with E-state index in [2.05, 4.69) is 5.32 Å². The molecule has 0 aromatic heterocycles. The van der Waals surface area contributed by atoms with Crippen LogP contribution >= 0.6 is 0 Å². The number of amides is 2. The Kier molecular flexibility index (Phi) is 6.54. The quantitative estimate of drug-likeness (QED) is 0.706. The molecule has 144 valence electrons. The van der Waals surface area contributed by atoms with E-state index in [1.807, 2.05) is 6.92 Å². The fourth-order valence-corrected chi connectivity index (χ4v) is 3.39. The lowest BCUT2D eigenvalue weighted by Gasteiger charge is -2.17. The van der Waals surface area contributed by atoms with E-state index in [0.717, 1.165) is 4.31 Å². The minimum Gasteiger partial charge on any atom is -0.494 e. The van der Waals surface area contributed by atoms with Crippen molar-refractivity contribution >= 4 is 27.5 Å². The van der Waals surface area contributed by atoms with Gasteiger partial charge in [-0.25, -0.2) is 8.42 Å². The largest absolute Gasteiger partial charge is 0.494 e. The van der Waals surface area contributed by atoms with E-state index in [0.29, 0.717) is 23.6 Å². The van der Waals surface area contributed by atoms with E-state index >= 15 is 0 Å². The monoisotopic (exact) mass is 391 g/mol. The molecule has 27 heavy (non-hydrogen) atoms. The van der Waals surface area contributed by atoms with Gasteiger partial charge in [-0.05, 0) is 55.5 Å². The van der Waals surface area contributed by atoms with Crippen LogP contribution in [0.5, 0.6) is 5.75 Å². The Morgan fingerprint density at radius 1 is 1.07 bits per heavy atom. The third-order valence-corrected chi connectivity index (χ3v) is 5.48. The van der Waals surface area contributed by atoms with Crippen LogP contribution in [0.2, 0.25) is 0 Å². The smallest absolute Gasteiger partial charge is 0.248 e. The summed E-state index contributed by atoms with van der Waals surface area (Å²) in [6.45, 7) is 1.94. The standard InChI is InChI=1S/C18H21N3O5S/c1-3-26-15-8-10-16(11-9-15)27(24,25)21(2)12-17(22)20-14-6-4-13(5-7-14)18(19)23/h4-11H,3,12H2,1-2H3,(H2,19,23)(H,20,22). The van der Waals surface area contributed by atoms with E-state index < -0.39 is 21.8 Å². The first kappa shape index (κ1) is 20.4. The number of anilines is 1.